The number of carboxylic acids is 1. The van der Waals surface area contributed by atoms with Crippen LogP contribution >= 0.6 is 0 Å². The predicted molar refractivity (Wildman–Crippen MR) is 64.8 cm³/mol. The number of carbonyl (C=O) groups is 2. The Morgan fingerprint density at radius 1 is 1.41 bits per heavy atom. The van der Waals surface area contributed by atoms with E-state index in [-0.39, 0.29) is 11.9 Å². The van der Waals surface area contributed by atoms with Crippen LogP contribution < -0.4 is 0 Å². The predicted octanol–water partition coefficient (Wildman–Crippen LogP) is 0.792. The van der Waals surface area contributed by atoms with E-state index in [9.17, 15) is 14.7 Å². The maximum atomic E-state index is 11.7. The molecule has 0 spiro atoms. The van der Waals surface area contributed by atoms with Gasteiger partial charge in [-0.25, -0.2) is 4.79 Å². The highest BCUT2D eigenvalue weighted by Gasteiger charge is 2.48. The second-order valence-electron chi connectivity index (χ2n) is 5.16. The van der Waals surface area contributed by atoms with Crippen LogP contribution in [-0.4, -0.2) is 58.5 Å². The van der Waals surface area contributed by atoms with Crippen molar-refractivity contribution in [2.45, 2.75) is 45.2 Å². The molecule has 1 heterocycles. The Labute approximate surface area is 102 Å². The number of rotatable bonds is 3. The average Bonchev–Trinajstić information content (AvgIpc) is 2.15. The highest BCUT2D eigenvalue weighted by atomic mass is 16.4. The van der Waals surface area contributed by atoms with Crippen LogP contribution in [0.1, 0.15) is 33.6 Å². The van der Waals surface area contributed by atoms with Gasteiger partial charge in [-0.05, 0) is 40.3 Å². The zero-order valence-electron chi connectivity index (χ0n) is 11.1. The van der Waals surface area contributed by atoms with E-state index >= 15 is 0 Å². The molecule has 1 saturated heterocycles. The van der Waals surface area contributed by atoms with E-state index in [2.05, 4.69) is 0 Å². The van der Waals surface area contributed by atoms with Crippen molar-refractivity contribution in [3.63, 3.8) is 0 Å². The highest BCUT2D eigenvalue weighted by Crippen LogP contribution is 2.29. The lowest BCUT2D eigenvalue weighted by Gasteiger charge is -2.47. The molecule has 17 heavy (non-hydrogen) atoms. The molecule has 0 aromatic rings. The van der Waals surface area contributed by atoms with E-state index in [1.807, 2.05) is 25.8 Å². The van der Waals surface area contributed by atoms with Gasteiger partial charge in [0, 0.05) is 19.5 Å². The first-order valence-electron chi connectivity index (χ1n) is 6.03. The van der Waals surface area contributed by atoms with Gasteiger partial charge in [-0.2, -0.15) is 0 Å². The van der Waals surface area contributed by atoms with Crippen LogP contribution in [0.15, 0.2) is 0 Å². The summed E-state index contributed by atoms with van der Waals surface area (Å²) in [6.07, 6.45) is 1.34. The zero-order valence-corrected chi connectivity index (χ0v) is 11.1. The van der Waals surface area contributed by atoms with Crippen LogP contribution in [0.2, 0.25) is 0 Å². The topological polar surface area (TPSA) is 60.9 Å². The summed E-state index contributed by atoms with van der Waals surface area (Å²) in [5, 5.41) is 9.55. The van der Waals surface area contributed by atoms with E-state index in [1.54, 1.807) is 0 Å². The number of nitrogens with zero attached hydrogens (tertiary/aromatic N) is 2. The summed E-state index contributed by atoms with van der Waals surface area (Å²) in [6.45, 7) is 6.46. The largest absolute Gasteiger partial charge is 0.479 e. The van der Waals surface area contributed by atoms with Crippen molar-refractivity contribution in [1.82, 2.24) is 9.80 Å². The zero-order chi connectivity index (χ0) is 13.2. The van der Waals surface area contributed by atoms with Crippen molar-refractivity contribution in [2.75, 3.05) is 20.1 Å². The van der Waals surface area contributed by atoms with Gasteiger partial charge < -0.3 is 14.9 Å². The fraction of sp³-hybridized carbons (Fsp3) is 0.833. The number of carbonyl (C=O) groups excluding carboxylic acids is 1. The maximum Gasteiger partial charge on any atom is 0.330 e. The number of hydrogen-bond donors (Lipinski definition) is 1. The third-order valence-corrected chi connectivity index (χ3v) is 3.38. The normalized spacial score (nSPS) is 25.9. The standard InChI is InChI=1S/C12H22N2O3/c1-9(2)14(10(3)15)12(11(16)17)6-5-7-13(4)8-12/h9H,5-8H2,1-4H3,(H,16,17). The molecule has 1 unspecified atom stereocenters. The van der Waals surface area contributed by atoms with Gasteiger partial charge in [-0.3, -0.25) is 4.79 Å². The van der Waals surface area contributed by atoms with Crippen LogP contribution in [0, 0.1) is 0 Å². The van der Waals surface area contributed by atoms with E-state index in [4.69, 9.17) is 0 Å². The molecule has 0 bridgehead atoms. The van der Waals surface area contributed by atoms with Gasteiger partial charge >= 0.3 is 5.97 Å². The molecule has 0 aliphatic carbocycles. The summed E-state index contributed by atoms with van der Waals surface area (Å²) in [5.41, 5.74) is -1.06. The molecular weight excluding hydrogens is 220 g/mol. The van der Waals surface area contributed by atoms with Gasteiger partial charge in [0.05, 0.1) is 0 Å². The van der Waals surface area contributed by atoms with Crippen molar-refractivity contribution >= 4 is 11.9 Å². The number of likely N-dealkylation sites (N-methyl/N-ethyl adjacent to an activating group) is 1. The van der Waals surface area contributed by atoms with Crippen LogP contribution in [0.4, 0.5) is 0 Å². The third kappa shape index (κ3) is 2.60. The van der Waals surface area contributed by atoms with Crippen molar-refractivity contribution in [3.8, 4) is 0 Å². The van der Waals surface area contributed by atoms with Crippen LogP contribution in [0.5, 0.6) is 0 Å². The first kappa shape index (κ1) is 14.0. The Hall–Kier alpha value is -1.10. The monoisotopic (exact) mass is 242 g/mol. The number of piperidine rings is 1. The van der Waals surface area contributed by atoms with Gasteiger partial charge in [0.25, 0.3) is 0 Å². The first-order chi connectivity index (χ1) is 7.81. The van der Waals surface area contributed by atoms with Gasteiger partial charge in [-0.1, -0.05) is 0 Å². The maximum absolute atomic E-state index is 11.7. The molecule has 0 aromatic heterocycles. The molecule has 1 N–H and O–H groups in total. The van der Waals surface area contributed by atoms with Gasteiger partial charge in [0.15, 0.2) is 5.54 Å². The minimum absolute atomic E-state index is 0.102. The molecule has 1 aliphatic rings. The average molecular weight is 242 g/mol. The van der Waals surface area contributed by atoms with Crippen molar-refractivity contribution in [3.05, 3.63) is 0 Å². The van der Waals surface area contributed by atoms with Gasteiger partial charge in [0.1, 0.15) is 0 Å². The first-order valence-corrected chi connectivity index (χ1v) is 6.03. The third-order valence-electron chi connectivity index (χ3n) is 3.38. The summed E-state index contributed by atoms with van der Waals surface area (Å²) in [4.78, 5) is 26.9. The summed E-state index contributed by atoms with van der Waals surface area (Å²) in [6, 6.07) is -0.102. The lowest BCUT2D eigenvalue weighted by atomic mass is 9.86. The smallest absolute Gasteiger partial charge is 0.330 e. The Morgan fingerprint density at radius 3 is 2.35 bits per heavy atom. The molecule has 1 rings (SSSR count). The number of likely N-dealkylation sites (tertiary alicyclic amines) is 1. The quantitative estimate of drug-likeness (QED) is 0.795. The molecule has 1 fully saturated rings. The fourth-order valence-corrected chi connectivity index (χ4v) is 2.88. The number of amides is 1. The molecule has 0 radical (unpaired) electrons. The molecule has 5 heteroatoms. The minimum atomic E-state index is -1.06. The lowest BCUT2D eigenvalue weighted by Crippen LogP contribution is -2.65. The van der Waals surface area contributed by atoms with Crippen LogP contribution in [0.3, 0.4) is 0 Å². The molecule has 0 saturated carbocycles. The van der Waals surface area contributed by atoms with Crippen molar-refractivity contribution in [1.29, 1.82) is 0 Å². The molecule has 1 amide bonds. The van der Waals surface area contributed by atoms with Crippen molar-refractivity contribution < 1.29 is 14.7 Å². The fourth-order valence-electron chi connectivity index (χ4n) is 2.88. The van der Waals surface area contributed by atoms with Gasteiger partial charge in [0.2, 0.25) is 5.91 Å². The number of hydrogen-bond acceptors (Lipinski definition) is 3. The Morgan fingerprint density at radius 2 is 2.00 bits per heavy atom. The van der Waals surface area contributed by atoms with Crippen LogP contribution in [-0.2, 0) is 9.59 Å². The molecule has 5 nitrogen and oxygen atoms in total. The Kier molecular flexibility index (Phi) is 4.14. The highest BCUT2D eigenvalue weighted by molar-refractivity contribution is 5.86. The number of carboxylic acid groups (broad SMARTS) is 1. The molecule has 1 aliphatic heterocycles. The van der Waals surface area contributed by atoms with E-state index < -0.39 is 11.5 Å². The van der Waals surface area contributed by atoms with Gasteiger partial charge in [-0.15, -0.1) is 0 Å². The molecule has 98 valence electrons. The summed E-state index contributed by atoms with van der Waals surface area (Å²) in [7, 11) is 1.90. The second kappa shape index (κ2) is 5.04. The molecule has 0 aromatic carbocycles. The second-order valence-corrected chi connectivity index (χ2v) is 5.16. The molecule has 1 atom stereocenters. The van der Waals surface area contributed by atoms with Crippen LogP contribution in [0.25, 0.3) is 0 Å². The summed E-state index contributed by atoms with van der Waals surface area (Å²) in [5.74, 6) is -1.06. The van der Waals surface area contributed by atoms with E-state index in [1.165, 1.54) is 11.8 Å². The SMILES string of the molecule is CC(=O)N(C(C)C)C1(C(=O)O)CCCN(C)C1. The lowest BCUT2D eigenvalue weighted by molar-refractivity contribution is -0.165. The molecular formula is C12H22N2O3. The Balaban J connectivity index is 3.13. The Bertz CT molecular complexity index is 317. The summed E-state index contributed by atoms with van der Waals surface area (Å²) < 4.78 is 0. The van der Waals surface area contributed by atoms with E-state index in [0.29, 0.717) is 13.0 Å². The van der Waals surface area contributed by atoms with E-state index in [0.717, 1.165) is 13.0 Å². The minimum Gasteiger partial charge on any atom is -0.479 e. The summed E-state index contributed by atoms with van der Waals surface area (Å²) >= 11 is 0. The van der Waals surface area contributed by atoms with Crippen molar-refractivity contribution in [2.24, 2.45) is 0 Å². The number of aliphatic carboxylic acids is 1.